The molecule has 0 spiro atoms. The Morgan fingerprint density at radius 2 is 2.15 bits per heavy atom. The molecule has 1 aromatic heterocycles. The van der Waals surface area contributed by atoms with Gasteiger partial charge in [-0.1, -0.05) is 18.2 Å². The molecule has 2 aromatic rings. The summed E-state index contributed by atoms with van der Waals surface area (Å²) in [7, 11) is 0. The first-order chi connectivity index (χ1) is 6.29. The van der Waals surface area contributed by atoms with Crippen LogP contribution in [0.25, 0.3) is 11.3 Å². The number of nitrogens with zero attached hydrogens (tertiary/aromatic N) is 1. The molecule has 0 aliphatic heterocycles. The zero-order valence-electron chi connectivity index (χ0n) is 7.76. The second kappa shape index (κ2) is 3.05. The van der Waals surface area contributed by atoms with Crippen molar-refractivity contribution in [3.8, 4) is 11.3 Å². The van der Waals surface area contributed by atoms with E-state index in [9.17, 15) is 0 Å². The van der Waals surface area contributed by atoms with Crippen molar-refractivity contribution in [1.29, 1.82) is 0 Å². The van der Waals surface area contributed by atoms with Crippen LogP contribution >= 0.6 is 0 Å². The number of aryl methyl sites for hydroxylation is 1. The van der Waals surface area contributed by atoms with E-state index < -0.39 is 0 Å². The zero-order valence-corrected chi connectivity index (χ0v) is 7.76. The van der Waals surface area contributed by atoms with Gasteiger partial charge in [-0.3, -0.25) is 0 Å². The van der Waals surface area contributed by atoms with Gasteiger partial charge in [-0.05, 0) is 25.0 Å². The molecule has 1 radical (unpaired) electrons. The van der Waals surface area contributed by atoms with Crippen LogP contribution in [-0.2, 0) is 0 Å². The summed E-state index contributed by atoms with van der Waals surface area (Å²) in [6, 6.07) is 6.25. The highest BCUT2D eigenvalue weighted by Gasteiger charge is 2.03. The van der Waals surface area contributed by atoms with Crippen LogP contribution in [0.1, 0.15) is 11.1 Å². The second-order valence-electron chi connectivity index (χ2n) is 3.16. The molecule has 1 aromatic carbocycles. The fourth-order valence-electron chi connectivity index (χ4n) is 1.40. The van der Waals surface area contributed by atoms with Gasteiger partial charge in [0.2, 0.25) is 0 Å². The van der Waals surface area contributed by atoms with Crippen LogP contribution in [0.5, 0.6) is 0 Å². The molecule has 2 heteroatoms. The van der Waals surface area contributed by atoms with Crippen LogP contribution in [0.15, 0.2) is 24.4 Å². The minimum Gasteiger partial charge on any atom is -0.335 e. The van der Waals surface area contributed by atoms with Crippen LogP contribution < -0.4 is 0 Å². The van der Waals surface area contributed by atoms with Crippen LogP contribution in [0.2, 0.25) is 0 Å². The molecule has 13 heavy (non-hydrogen) atoms. The summed E-state index contributed by atoms with van der Waals surface area (Å²) in [4.78, 5) is 6.87. The van der Waals surface area contributed by atoms with Crippen molar-refractivity contribution in [1.82, 2.24) is 9.97 Å². The van der Waals surface area contributed by atoms with Gasteiger partial charge in [0.05, 0.1) is 11.9 Å². The van der Waals surface area contributed by atoms with Gasteiger partial charge in [0.25, 0.3) is 0 Å². The van der Waals surface area contributed by atoms with Crippen molar-refractivity contribution in [2.24, 2.45) is 0 Å². The van der Waals surface area contributed by atoms with Gasteiger partial charge < -0.3 is 4.98 Å². The number of imidazole rings is 1. The highest BCUT2D eigenvalue weighted by Crippen LogP contribution is 2.22. The first-order valence-corrected chi connectivity index (χ1v) is 4.26. The number of hydrogen-bond donors (Lipinski definition) is 1. The second-order valence-corrected chi connectivity index (χ2v) is 3.16. The molecule has 1 N–H and O–H groups in total. The van der Waals surface area contributed by atoms with Gasteiger partial charge in [-0.2, -0.15) is 0 Å². The van der Waals surface area contributed by atoms with Crippen molar-refractivity contribution in [3.63, 3.8) is 0 Å². The molecule has 0 saturated heterocycles. The molecule has 2 rings (SSSR count). The number of benzene rings is 1. The lowest BCUT2D eigenvalue weighted by atomic mass is 10.0. The van der Waals surface area contributed by atoms with Crippen molar-refractivity contribution in [3.05, 3.63) is 41.9 Å². The first-order valence-electron chi connectivity index (χ1n) is 4.26. The Balaban J connectivity index is 2.59. The fraction of sp³-hybridized carbons (Fsp3) is 0.182. The SMILES string of the molecule is Cc1cccc(-c2cn[c][nH]2)c1C. The largest absolute Gasteiger partial charge is 0.335 e. The Morgan fingerprint density at radius 1 is 1.31 bits per heavy atom. The number of aromatic nitrogens is 2. The van der Waals surface area contributed by atoms with E-state index in [2.05, 4.69) is 48.3 Å². The van der Waals surface area contributed by atoms with E-state index in [0.29, 0.717) is 0 Å². The first kappa shape index (κ1) is 8.05. The van der Waals surface area contributed by atoms with Crippen LogP contribution in [0.4, 0.5) is 0 Å². The third kappa shape index (κ3) is 1.35. The standard InChI is InChI=1S/C11H11N2/c1-8-4-3-5-10(9(8)2)11-6-12-7-13-11/h3-6H,1-2H3,(H,12,13). The molecule has 0 atom stereocenters. The smallest absolute Gasteiger partial charge is 0.174 e. The van der Waals surface area contributed by atoms with Gasteiger partial charge in [-0.25, -0.2) is 4.98 Å². The van der Waals surface area contributed by atoms with Crippen molar-refractivity contribution in [2.75, 3.05) is 0 Å². The van der Waals surface area contributed by atoms with Crippen molar-refractivity contribution in [2.45, 2.75) is 13.8 Å². The van der Waals surface area contributed by atoms with E-state index in [1.807, 2.05) is 0 Å². The molecular weight excluding hydrogens is 160 g/mol. The minimum absolute atomic E-state index is 1.03. The Labute approximate surface area is 77.6 Å². The van der Waals surface area contributed by atoms with Gasteiger partial charge in [0, 0.05) is 5.56 Å². The summed E-state index contributed by atoms with van der Waals surface area (Å²) in [5.41, 5.74) is 4.82. The fourth-order valence-corrected chi connectivity index (χ4v) is 1.40. The minimum atomic E-state index is 1.03. The van der Waals surface area contributed by atoms with E-state index in [0.717, 1.165) is 5.69 Å². The quantitative estimate of drug-likeness (QED) is 0.701. The Bertz CT molecular complexity index is 402. The van der Waals surface area contributed by atoms with E-state index in [-0.39, 0.29) is 0 Å². The summed E-state index contributed by atoms with van der Waals surface area (Å²) in [5, 5.41) is 0. The Kier molecular flexibility index (Phi) is 1.89. The molecule has 0 amide bonds. The molecule has 2 nitrogen and oxygen atoms in total. The lowest BCUT2D eigenvalue weighted by Gasteiger charge is -2.05. The third-order valence-electron chi connectivity index (χ3n) is 2.34. The van der Waals surface area contributed by atoms with Gasteiger partial charge >= 0.3 is 0 Å². The topological polar surface area (TPSA) is 28.7 Å². The average molecular weight is 171 g/mol. The maximum absolute atomic E-state index is 3.89. The van der Waals surface area contributed by atoms with Gasteiger partial charge in [-0.15, -0.1) is 0 Å². The predicted octanol–water partition coefficient (Wildman–Crippen LogP) is 2.49. The predicted molar refractivity (Wildman–Crippen MR) is 52.3 cm³/mol. The third-order valence-corrected chi connectivity index (χ3v) is 2.34. The molecule has 1 heterocycles. The average Bonchev–Trinajstić information content (AvgIpc) is 2.62. The maximum atomic E-state index is 3.89. The highest BCUT2D eigenvalue weighted by atomic mass is 14.9. The highest BCUT2D eigenvalue weighted by molar-refractivity contribution is 5.63. The number of nitrogens with one attached hydrogen (secondary N) is 1. The number of aromatic amines is 1. The molecule has 0 fully saturated rings. The van der Waals surface area contributed by atoms with E-state index in [1.54, 1.807) is 6.20 Å². The maximum Gasteiger partial charge on any atom is 0.174 e. The number of rotatable bonds is 1. The van der Waals surface area contributed by atoms with Crippen LogP contribution in [-0.4, -0.2) is 9.97 Å². The molecule has 0 aliphatic carbocycles. The molecule has 0 unspecified atom stereocenters. The van der Waals surface area contributed by atoms with Gasteiger partial charge in [0.1, 0.15) is 0 Å². The molecule has 0 aliphatic rings. The molecule has 65 valence electrons. The lowest BCUT2D eigenvalue weighted by molar-refractivity contribution is 1.28. The normalized spacial score (nSPS) is 10.3. The lowest BCUT2D eigenvalue weighted by Crippen LogP contribution is -1.86. The summed E-state index contributed by atoms with van der Waals surface area (Å²) >= 11 is 0. The number of H-pyrrole nitrogens is 1. The Morgan fingerprint density at radius 3 is 2.85 bits per heavy atom. The van der Waals surface area contributed by atoms with E-state index in [1.165, 1.54) is 16.7 Å². The van der Waals surface area contributed by atoms with Crippen molar-refractivity contribution >= 4 is 0 Å². The summed E-state index contributed by atoms with van der Waals surface area (Å²) in [6.07, 6.45) is 4.49. The van der Waals surface area contributed by atoms with Gasteiger partial charge in [0.15, 0.2) is 6.33 Å². The number of hydrogen-bond acceptors (Lipinski definition) is 1. The van der Waals surface area contributed by atoms with Crippen molar-refractivity contribution < 1.29 is 0 Å². The summed E-state index contributed by atoms with van der Waals surface area (Å²) in [5.74, 6) is 0. The Hall–Kier alpha value is -1.57. The monoisotopic (exact) mass is 171 g/mol. The van der Waals surface area contributed by atoms with Crippen LogP contribution in [0.3, 0.4) is 0 Å². The molecule has 0 bridgehead atoms. The zero-order chi connectivity index (χ0) is 9.26. The molecular formula is C11H11N2. The summed E-state index contributed by atoms with van der Waals surface area (Å²) in [6.45, 7) is 4.23. The summed E-state index contributed by atoms with van der Waals surface area (Å²) < 4.78 is 0. The van der Waals surface area contributed by atoms with E-state index >= 15 is 0 Å². The van der Waals surface area contributed by atoms with E-state index in [4.69, 9.17) is 0 Å². The van der Waals surface area contributed by atoms with Crippen LogP contribution in [0, 0.1) is 20.2 Å². The molecule has 0 saturated carbocycles.